The molecule has 0 amide bonds. The highest BCUT2D eigenvalue weighted by molar-refractivity contribution is 14.0. The molecule has 0 heterocycles. The summed E-state index contributed by atoms with van der Waals surface area (Å²) in [4.78, 5) is 4.56. The Labute approximate surface area is 166 Å². The highest BCUT2D eigenvalue weighted by atomic mass is 127. The molecule has 1 aromatic carbocycles. The van der Waals surface area contributed by atoms with E-state index < -0.39 is 0 Å². The molecular weight excluding hydrogens is 436 g/mol. The lowest BCUT2D eigenvalue weighted by molar-refractivity contribution is 0.198. The molecule has 5 nitrogen and oxygen atoms in total. The molecule has 0 bridgehead atoms. The lowest BCUT2D eigenvalue weighted by atomic mass is 10.1. The standard InChI is InChI=1S/C18H28FN3O2.HI/c1-3-15(24-16-7-5-6-14(19)10-16)11-21-17(20-4-2)22-12-18(13-23)8-9-18;/h5-7,10,15,23H,3-4,8-9,11-13H2,1-2H3,(H2,20,21,22);1H. The summed E-state index contributed by atoms with van der Waals surface area (Å²) in [6, 6.07) is 6.18. The first-order valence-electron chi connectivity index (χ1n) is 8.66. The molecular formula is C18H29FIN3O2. The molecule has 1 aliphatic carbocycles. The average molecular weight is 465 g/mol. The zero-order valence-electron chi connectivity index (χ0n) is 14.9. The van der Waals surface area contributed by atoms with E-state index >= 15 is 0 Å². The van der Waals surface area contributed by atoms with Gasteiger partial charge in [-0.05, 0) is 38.3 Å². The summed E-state index contributed by atoms with van der Waals surface area (Å²) in [6.45, 7) is 6.19. The van der Waals surface area contributed by atoms with Crippen molar-refractivity contribution in [1.29, 1.82) is 0 Å². The fourth-order valence-electron chi connectivity index (χ4n) is 2.34. The Kier molecular flexibility index (Phi) is 9.48. The van der Waals surface area contributed by atoms with Crippen LogP contribution in [0.1, 0.15) is 33.1 Å². The van der Waals surface area contributed by atoms with Crippen LogP contribution in [0, 0.1) is 11.2 Å². The minimum atomic E-state index is -0.302. The smallest absolute Gasteiger partial charge is 0.191 e. The number of aliphatic imine (C=N–C) groups is 1. The van der Waals surface area contributed by atoms with Gasteiger partial charge in [0, 0.05) is 18.0 Å². The molecule has 1 atom stereocenters. The second kappa shape index (κ2) is 10.8. The molecule has 1 aliphatic rings. The SMILES string of the molecule is CCNC(=NCC1(CO)CC1)NCC(CC)Oc1cccc(F)c1.I. The van der Waals surface area contributed by atoms with Crippen molar-refractivity contribution in [2.75, 3.05) is 26.2 Å². The van der Waals surface area contributed by atoms with E-state index in [9.17, 15) is 9.50 Å². The van der Waals surface area contributed by atoms with Gasteiger partial charge in [-0.3, -0.25) is 4.99 Å². The van der Waals surface area contributed by atoms with E-state index in [1.54, 1.807) is 12.1 Å². The fourth-order valence-corrected chi connectivity index (χ4v) is 2.34. The molecule has 0 aromatic heterocycles. The van der Waals surface area contributed by atoms with Crippen LogP contribution in [0.15, 0.2) is 29.3 Å². The first-order valence-corrected chi connectivity index (χ1v) is 8.66. The average Bonchev–Trinajstić information content (AvgIpc) is 3.36. The molecule has 7 heteroatoms. The summed E-state index contributed by atoms with van der Waals surface area (Å²) in [5, 5.41) is 15.9. The topological polar surface area (TPSA) is 65.9 Å². The third kappa shape index (κ3) is 7.35. The number of nitrogens with zero attached hydrogens (tertiary/aromatic N) is 1. The number of hydrogen-bond donors (Lipinski definition) is 3. The number of rotatable bonds is 9. The number of hydrogen-bond acceptors (Lipinski definition) is 3. The molecule has 1 aromatic rings. The van der Waals surface area contributed by atoms with Gasteiger partial charge in [-0.15, -0.1) is 24.0 Å². The summed E-state index contributed by atoms with van der Waals surface area (Å²) < 4.78 is 19.1. The van der Waals surface area contributed by atoms with Gasteiger partial charge in [0.1, 0.15) is 17.7 Å². The van der Waals surface area contributed by atoms with Crippen molar-refractivity contribution in [2.24, 2.45) is 10.4 Å². The van der Waals surface area contributed by atoms with Gasteiger partial charge >= 0.3 is 0 Å². The number of guanidine groups is 1. The maximum atomic E-state index is 13.2. The van der Waals surface area contributed by atoms with Crippen LogP contribution in [0.3, 0.4) is 0 Å². The molecule has 1 unspecified atom stereocenters. The number of nitrogens with one attached hydrogen (secondary N) is 2. The Bertz CT molecular complexity index is 553. The van der Waals surface area contributed by atoms with Crippen molar-refractivity contribution in [3.05, 3.63) is 30.1 Å². The monoisotopic (exact) mass is 465 g/mol. The van der Waals surface area contributed by atoms with E-state index in [2.05, 4.69) is 15.6 Å². The molecule has 3 N–H and O–H groups in total. The predicted octanol–water partition coefficient (Wildman–Crippen LogP) is 2.93. The Morgan fingerprint density at radius 2 is 2.12 bits per heavy atom. The zero-order chi connectivity index (χ0) is 17.4. The molecule has 0 spiro atoms. The van der Waals surface area contributed by atoms with Crippen LogP contribution in [-0.2, 0) is 0 Å². The maximum absolute atomic E-state index is 13.2. The van der Waals surface area contributed by atoms with Crippen LogP contribution < -0.4 is 15.4 Å². The van der Waals surface area contributed by atoms with Crippen molar-refractivity contribution in [1.82, 2.24) is 10.6 Å². The summed E-state index contributed by atoms with van der Waals surface area (Å²) in [5.41, 5.74) is -0.00935. The van der Waals surface area contributed by atoms with Crippen molar-refractivity contribution in [2.45, 2.75) is 39.2 Å². The molecule has 1 fully saturated rings. The van der Waals surface area contributed by atoms with E-state index in [0.717, 1.165) is 31.8 Å². The molecule has 2 rings (SSSR count). The Balaban J connectivity index is 0.00000312. The van der Waals surface area contributed by atoms with Crippen LogP contribution in [-0.4, -0.2) is 43.4 Å². The van der Waals surface area contributed by atoms with Gasteiger partial charge in [0.15, 0.2) is 5.96 Å². The van der Waals surface area contributed by atoms with E-state index in [0.29, 0.717) is 18.8 Å². The quantitative estimate of drug-likeness (QED) is 0.298. The second-order valence-corrected chi connectivity index (χ2v) is 6.34. The van der Waals surface area contributed by atoms with Gasteiger partial charge in [-0.2, -0.15) is 0 Å². The van der Waals surface area contributed by atoms with Crippen molar-refractivity contribution < 1.29 is 14.2 Å². The minimum Gasteiger partial charge on any atom is -0.489 e. The first kappa shape index (κ1) is 22.0. The normalized spacial score (nSPS) is 16.6. The Morgan fingerprint density at radius 1 is 1.36 bits per heavy atom. The second-order valence-electron chi connectivity index (χ2n) is 6.34. The van der Waals surface area contributed by atoms with E-state index in [-0.39, 0.29) is 47.9 Å². The van der Waals surface area contributed by atoms with E-state index in [1.807, 2.05) is 13.8 Å². The van der Waals surface area contributed by atoms with Gasteiger partial charge < -0.3 is 20.5 Å². The van der Waals surface area contributed by atoms with E-state index in [1.165, 1.54) is 12.1 Å². The minimum absolute atomic E-state index is 0. The number of aliphatic hydroxyl groups is 1. The molecule has 142 valence electrons. The highest BCUT2D eigenvalue weighted by Gasteiger charge is 2.41. The van der Waals surface area contributed by atoms with Crippen molar-refractivity contribution >= 4 is 29.9 Å². The van der Waals surface area contributed by atoms with Crippen LogP contribution >= 0.6 is 24.0 Å². The van der Waals surface area contributed by atoms with Crippen LogP contribution in [0.2, 0.25) is 0 Å². The third-order valence-corrected chi connectivity index (χ3v) is 4.26. The van der Waals surface area contributed by atoms with Crippen LogP contribution in [0.25, 0.3) is 0 Å². The van der Waals surface area contributed by atoms with Crippen molar-refractivity contribution in [3.63, 3.8) is 0 Å². The third-order valence-electron chi connectivity index (χ3n) is 4.26. The van der Waals surface area contributed by atoms with Gasteiger partial charge in [0.2, 0.25) is 0 Å². The van der Waals surface area contributed by atoms with Crippen LogP contribution in [0.5, 0.6) is 5.75 Å². The highest BCUT2D eigenvalue weighted by Crippen LogP contribution is 2.45. The predicted molar refractivity (Wildman–Crippen MR) is 109 cm³/mol. The number of aliphatic hydroxyl groups excluding tert-OH is 1. The Hall–Kier alpha value is -1.09. The lowest BCUT2D eigenvalue weighted by Crippen LogP contribution is -2.42. The molecule has 0 radical (unpaired) electrons. The zero-order valence-corrected chi connectivity index (χ0v) is 17.3. The molecule has 0 saturated heterocycles. The molecule has 25 heavy (non-hydrogen) atoms. The fraction of sp³-hybridized carbons (Fsp3) is 0.611. The van der Waals surface area contributed by atoms with Gasteiger partial charge in [-0.1, -0.05) is 13.0 Å². The number of halogens is 2. The summed E-state index contributed by atoms with van der Waals surface area (Å²) in [6.07, 6.45) is 2.78. The number of ether oxygens (including phenoxy) is 1. The molecule has 1 saturated carbocycles. The van der Waals surface area contributed by atoms with Gasteiger partial charge in [0.25, 0.3) is 0 Å². The maximum Gasteiger partial charge on any atom is 0.191 e. The first-order chi connectivity index (χ1) is 11.6. The number of benzene rings is 1. The van der Waals surface area contributed by atoms with Crippen LogP contribution in [0.4, 0.5) is 4.39 Å². The summed E-state index contributed by atoms with van der Waals surface area (Å²) in [7, 11) is 0. The van der Waals surface area contributed by atoms with E-state index in [4.69, 9.17) is 4.74 Å². The van der Waals surface area contributed by atoms with Gasteiger partial charge in [0.05, 0.1) is 19.7 Å². The van der Waals surface area contributed by atoms with Crippen molar-refractivity contribution in [3.8, 4) is 5.75 Å². The summed E-state index contributed by atoms with van der Waals surface area (Å²) in [5.74, 6) is 0.949. The largest absolute Gasteiger partial charge is 0.489 e. The summed E-state index contributed by atoms with van der Waals surface area (Å²) >= 11 is 0. The lowest BCUT2D eigenvalue weighted by Gasteiger charge is -2.20. The van der Waals surface area contributed by atoms with Gasteiger partial charge in [-0.25, -0.2) is 4.39 Å². The Morgan fingerprint density at radius 3 is 2.68 bits per heavy atom. The molecule has 0 aliphatic heterocycles.